The number of hydrogen-bond acceptors (Lipinski definition) is 5. The van der Waals surface area contributed by atoms with Gasteiger partial charge in [-0.3, -0.25) is 9.59 Å². The molecule has 0 aromatic heterocycles. The minimum atomic E-state index is -0.390. The van der Waals surface area contributed by atoms with Crippen LogP contribution in [0, 0.1) is 11.8 Å². The zero-order valence-electron chi connectivity index (χ0n) is 16.0. The number of benzene rings is 1. The zero-order chi connectivity index (χ0) is 19.9. The molecule has 3 atom stereocenters. The van der Waals surface area contributed by atoms with Gasteiger partial charge in [0.1, 0.15) is 6.61 Å². The number of ether oxygens (including phenoxy) is 2. The van der Waals surface area contributed by atoms with Crippen molar-refractivity contribution in [3.8, 4) is 0 Å². The molecule has 0 radical (unpaired) electrons. The van der Waals surface area contributed by atoms with E-state index < -0.39 is 0 Å². The van der Waals surface area contributed by atoms with Crippen LogP contribution in [0.15, 0.2) is 42.5 Å². The number of carbonyl (C=O) groups is 3. The number of esters is 1. The average Bonchev–Trinajstić information content (AvgIpc) is 2.71. The molecule has 7 heteroatoms. The first kappa shape index (κ1) is 19.9. The molecule has 7 nitrogen and oxygen atoms in total. The fourth-order valence-electron chi connectivity index (χ4n) is 3.78. The van der Waals surface area contributed by atoms with Crippen LogP contribution in [0.2, 0.25) is 0 Å². The summed E-state index contributed by atoms with van der Waals surface area (Å²) in [5.41, 5.74) is 0.922. The Labute approximate surface area is 164 Å². The van der Waals surface area contributed by atoms with E-state index in [1.54, 1.807) is 4.90 Å². The van der Waals surface area contributed by atoms with Crippen molar-refractivity contribution in [2.75, 3.05) is 19.7 Å². The molecule has 0 spiro atoms. The van der Waals surface area contributed by atoms with Crippen LogP contribution in [0.25, 0.3) is 0 Å². The molecular formula is C21H26N2O5. The van der Waals surface area contributed by atoms with Crippen LogP contribution < -0.4 is 5.32 Å². The molecule has 0 saturated carbocycles. The maximum atomic E-state index is 12.6. The standard InChI is InChI=1S/C21H26N2O5/c1-15(24)27-14-17-10-18(19-8-5-9-20(25)22-19)12-23(11-17)21(26)28-13-16-6-3-2-4-7-16/h2-7,9,17-19H,8,10-14H2,1H3,(H,22,25)/t17-,18+,19+/m0/s1. The summed E-state index contributed by atoms with van der Waals surface area (Å²) < 4.78 is 10.7. The normalized spacial score (nSPS) is 24.4. The Morgan fingerprint density at radius 1 is 1.18 bits per heavy atom. The maximum Gasteiger partial charge on any atom is 0.410 e. The van der Waals surface area contributed by atoms with Gasteiger partial charge < -0.3 is 19.7 Å². The minimum absolute atomic E-state index is 0.00901. The first-order valence-electron chi connectivity index (χ1n) is 9.57. The van der Waals surface area contributed by atoms with Gasteiger partial charge in [-0.15, -0.1) is 0 Å². The first-order chi connectivity index (χ1) is 13.5. The molecule has 2 amide bonds. The van der Waals surface area contributed by atoms with Crippen molar-refractivity contribution in [1.82, 2.24) is 10.2 Å². The molecule has 1 N–H and O–H groups in total. The minimum Gasteiger partial charge on any atom is -0.466 e. The second-order valence-corrected chi connectivity index (χ2v) is 7.36. The van der Waals surface area contributed by atoms with E-state index in [0.29, 0.717) is 13.1 Å². The predicted octanol–water partition coefficient (Wildman–Crippen LogP) is 2.27. The number of amides is 2. The fraction of sp³-hybridized carbons (Fsp3) is 0.476. The molecule has 0 aliphatic carbocycles. The van der Waals surface area contributed by atoms with E-state index in [4.69, 9.17) is 9.47 Å². The molecule has 28 heavy (non-hydrogen) atoms. The van der Waals surface area contributed by atoms with Crippen LogP contribution in [0.1, 0.15) is 25.3 Å². The SMILES string of the molecule is CC(=O)OC[C@H]1C[C@@H]([C@H]2CC=CC(=O)N2)CN(C(=O)OCc2ccccc2)C1. The summed E-state index contributed by atoms with van der Waals surface area (Å²) in [6.45, 7) is 2.80. The van der Waals surface area contributed by atoms with Gasteiger partial charge in [-0.2, -0.15) is 0 Å². The predicted molar refractivity (Wildman–Crippen MR) is 102 cm³/mol. The molecule has 1 saturated heterocycles. The third-order valence-electron chi connectivity index (χ3n) is 5.11. The van der Waals surface area contributed by atoms with Crippen LogP contribution >= 0.6 is 0 Å². The summed E-state index contributed by atoms with van der Waals surface area (Å²) in [5, 5.41) is 2.98. The van der Waals surface area contributed by atoms with Gasteiger partial charge in [0.25, 0.3) is 0 Å². The summed E-state index contributed by atoms with van der Waals surface area (Å²) in [5.74, 6) is -0.368. The van der Waals surface area contributed by atoms with Crippen LogP contribution in [0.5, 0.6) is 0 Å². The van der Waals surface area contributed by atoms with E-state index in [9.17, 15) is 14.4 Å². The van der Waals surface area contributed by atoms with Crippen molar-refractivity contribution >= 4 is 18.0 Å². The Hall–Kier alpha value is -2.83. The zero-order valence-corrected chi connectivity index (χ0v) is 16.0. The molecule has 3 rings (SSSR count). The second kappa shape index (κ2) is 9.39. The second-order valence-electron chi connectivity index (χ2n) is 7.36. The number of hydrogen-bond donors (Lipinski definition) is 1. The van der Waals surface area contributed by atoms with E-state index in [0.717, 1.165) is 18.4 Å². The van der Waals surface area contributed by atoms with E-state index >= 15 is 0 Å². The van der Waals surface area contributed by atoms with Crippen molar-refractivity contribution in [3.63, 3.8) is 0 Å². The van der Waals surface area contributed by atoms with Crippen LogP contribution in [0.4, 0.5) is 4.79 Å². The fourth-order valence-corrected chi connectivity index (χ4v) is 3.78. The summed E-state index contributed by atoms with van der Waals surface area (Å²) in [6.07, 6.45) is 4.50. The summed E-state index contributed by atoms with van der Waals surface area (Å²) in [4.78, 5) is 37.2. The maximum absolute atomic E-state index is 12.6. The number of nitrogens with one attached hydrogen (secondary N) is 1. The summed E-state index contributed by atoms with van der Waals surface area (Å²) in [7, 11) is 0. The third-order valence-corrected chi connectivity index (χ3v) is 5.11. The van der Waals surface area contributed by atoms with E-state index in [-0.39, 0.29) is 49.1 Å². The van der Waals surface area contributed by atoms with Crippen molar-refractivity contribution in [1.29, 1.82) is 0 Å². The van der Waals surface area contributed by atoms with E-state index in [1.807, 2.05) is 36.4 Å². The van der Waals surface area contributed by atoms with E-state index in [1.165, 1.54) is 13.0 Å². The van der Waals surface area contributed by atoms with Crippen molar-refractivity contribution in [3.05, 3.63) is 48.0 Å². The number of carbonyl (C=O) groups excluding carboxylic acids is 3. The van der Waals surface area contributed by atoms with Gasteiger partial charge in [0.2, 0.25) is 5.91 Å². The van der Waals surface area contributed by atoms with Crippen molar-refractivity contribution in [2.45, 2.75) is 32.4 Å². The highest BCUT2D eigenvalue weighted by atomic mass is 16.6. The van der Waals surface area contributed by atoms with Gasteiger partial charge in [0.05, 0.1) is 6.61 Å². The number of likely N-dealkylation sites (tertiary alicyclic amines) is 1. The van der Waals surface area contributed by atoms with Crippen LogP contribution in [-0.4, -0.2) is 48.6 Å². The summed E-state index contributed by atoms with van der Waals surface area (Å²) >= 11 is 0. The Balaban J connectivity index is 1.63. The van der Waals surface area contributed by atoms with Gasteiger partial charge >= 0.3 is 12.1 Å². The highest BCUT2D eigenvalue weighted by Crippen LogP contribution is 2.28. The lowest BCUT2D eigenvalue weighted by molar-refractivity contribution is -0.143. The lowest BCUT2D eigenvalue weighted by Crippen LogP contribution is -2.52. The number of rotatable bonds is 5. The number of piperidine rings is 1. The molecule has 0 bridgehead atoms. The largest absolute Gasteiger partial charge is 0.466 e. The third kappa shape index (κ3) is 5.58. The monoisotopic (exact) mass is 386 g/mol. The quantitative estimate of drug-likeness (QED) is 0.785. The van der Waals surface area contributed by atoms with Crippen molar-refractivity contribution < 1.29 is 23.9 Å². The van der Waals surface area contributed by atoms with Gasteiger partial charge in [0, 0.05) is 32.0 Å². The molecule has 2 aliphatic rings. The van der Waals surface area contributed by atoms with Gasteiger partial charge in [-0.05, 0) is 30.4 Å². The molecule has 1 aromatic carbocycles. The van der Waals surface area contributed by atoms with E-state index in [2.05, 4.69) is 5.32 Å². The molecule has 0 unspecified atom stereocenters. The Kier molecular flexibility index (Phi) is 6.68. The first-order valence-corrected chi connectivity index (χ1v) is 9.57. The Morgan fingerprint density at radius 2 is 1.96 bits per heavy atom. The highest BCUT2D eigenvalue weighted by Gasteiger charge is 2.36. The van der Waals surface area contributed by atoms with Gasteiger partial charge in [0.15, 0.2) is 0 Å². The molecule has 2 heterocycles. The molecule has 1 fully saturated rings. The topological polar surface area (TPSA) is 84.9 Å². The lowest BCUT2D eigenvalue weighted by Gasteiger charge is -2.40. The lowest BCUT2D eigenvalue weighted by atomic mass is 9.83. The Bertz CT molecular complexity index is 734. The van der Waals surface area contributed by atoms with Gasteiger partial charge in [-0.25, -0.2) is 4.79 Å². The highest BCUT2D eigenvalue weighted by molar-refractivity contribution is 5.88. The molecule has 2 aliphatic heterocycles. The van der Waals surface area contributed by atoms with Crippen LogP contribution in [0.3, 0.4) is 0 Å². The smallest absolute Gasteiger partial charge is 0.410 e. The van der Waals surface area contributed by atoms with Crippen LogP contribution in [-0.2, 0) is 25.7 Å². The average molecular weight is 386 g/mol. The molecule has 150 valence electrons. The molecular weight excluding hydrogens is 360 g/mol. The van der Waals surface area contributed by atoms with Gasteiger partial charge in [-0.1, -0.05) is 36.4 Å². The van der Waals surface area contributed by atoms with Crippen molar-refractivity contribution in [2.24, 2.45) is 11.8 Å². The number of nitrogens with zero attached hydrogens (tertiary/aromatic N) is 1. The molecule has 1 aromatic rings. The summed E-state index contributed by atoms with van der Waals surface area (Å²) in [6, 6.07) is 9.47. The Morgan fingerprint density at radius 3 is 2.68 bits per heavy atom.